The Balaban J connectivity index is 1.62. The molecule has 4 rings (SSSR count). The van der Waals surface area contributed by atoms with Gasteiger partial charge in [0.2, 0.25) is 0 Å². The zero-order valence-electron chi connectivity index (χ0n) is 17.6. The Morgan fingerprint density at radius 2 is 1.84 bits per heavy atom. The zero-order chi connectivity index (χ0) is 22.8. The summed E-state index contributed by atoms with van der Waals surface area (Å²) in [6.45, 7) is 3.67. The summed E-state index contributed by atoms with van der Waals surface area (Å²) >= 11 is 6.82. The monoisotopic (exact) mass is 468 g/mol. The second-order valence-electron chi connectivity index (χ2n) is 7.66. The van der Waals surface area contributed by atoms with Gasteiger partial charge in [-0.3, -0.25) is 19.3 Å². The molecular formula is C24H21ClN2O4S. The summed E-state index contributed by atoms with van der Waals surface area (Å²) in [5, 5.41) is 1.17. The minimum Gasteiger partial charge on any atom is -0.462 e. The van der Waals surface area contributed by atoms with E-state index in [2.05, 4.69) is 4.57 Å². The van der Waals surface area contributed by atoms with Crippen molar-refractivity contribution < 1.29 is 19.1 Å². The fourth-order valence-corrected chi connectivity index (χ4v) is 4.47. The molecule has 8 heteroatoms. The number of carbonyl (C=O) groups is 3. The van der Waals surface area contributed by atoms with Crippen molar-refractivity contribution in [3.8, 4) is 0 Å². The topological polar surface area (TPSA) is 68.6 Å². The second kappa shape index (κ2) is 9.22. The predicted molar refractivity (Wildman–Crippen MR) is 126 cm³/mol. The number of para-hydroxylation sites is 1. The summed E-state index contributed by atoms with van der Waals surface area (Å²) in [5.74, 6) is -1.10. The minimum atomic E-state index is -0.608. The maximum atomic E-state index is 12.8. The maximum absolute atomic E-state index is 12.8. The van der Waals surface area contributed by atoms with Crippen LogP contribution in [0.1, 0.15) is 25.0 Å². The SMILES string of the molecule is CC(C)OC(=O)CN1C(=O)S/C(=C\c2cn(Cc3ccc(Cl)cc3)c3ccccc23)C1=O. The zero-order valence-corrected chi connectivity index (χ0v) is 19.2. The van der Waals surface area contributed by atoms with Crippen LogP contribution in [0, 0.1) is 0 Å². The molecule has 1 aromatic heterocycles. The first-order valence-electron chi connectivity index (χ1n) is 10.1. The first-order chi connectivity index (χ1) is 15.3. The van der Waals surface area contributed by atoms with Gasteiger partial charge >= 0.3 is 5.97 Å². The number of esters is 1. The Hall–Kier alpha value is -3.03. The van der Waals surface area contributed by atoms with Crippen molar-refractivity contribution in [1.29, 1.82) is 0 Å². The number of thioether (sulfide) groups is 1. The molecule has 0 bridgehead atoms. The number of amides is 2. The highest BCUT2D eigenvalue weighted by molar-refractivity contribution is 8.18. The summed E-state index contributed by atoms with van der Waals surface area (Å²) in [5.41, 5.74) is 2.92. The van der Waals surface area contributed by atoms with Gasteiger partial charge in [0.1, 0.15) is 6.54 Å². The van der Waals surface area contributed by atoms with E-state index in [4.69, 9.17) is 16.3 Å². The lowest BCUT2D eigenvalue weighted by molar-refractivity contribution is -0.149. The Labute approximate surface area is 194 Å². The van der Waals surface area contributed by atoms with Crippen LogP contribution in [0.3, 0.4) is 0 Å². The Bertz CT molecular complexity index is 1230. The highest BCUT2D eigenvalue weighted by Crippen LogP contribution is 2.34. The molecule has 1 aliphatic heterocycles. The van der Waals surface area contributed by atoms with Gasteiger partial charge in [0, 0.05) is 34.2 Å². The fourth-order valence-electron chi connectivity index (χ4n) is 3.51. The van der Waals surface area contributed by atoms with Gasteiger partial charge in [0.05, 0.1) is 11.0 Å². The standard InChI is InChI=1S/C24H21ClN2O4S/c1-15(2)31-22(28)14-27-23(29)21(32-24(27)30)11-17-13-26(20-6-4-3-5-19(17)20)12-16-7-9-18(25)10-8-16/h3-11,13,15H,12,14H2,1-2H3/b21-11-. The number of nitrogens with zero attached hydrogens (tertiary/aromatic N) is 2. The first kappa shape index (κ1) is 22.2. The van der Waals surface area contributed by atoms with Gasteiger partial charge in [-0.25, -0.2) is 0 Å². The largest absolute Gasteiger partial charge is 0.462 e. The molecule has 0 atom stereocenters. The number of rotatable bonds is 6. The van der Waals surface area contributed by atoms with Crippen LogP contribution in [-0.4, -0.2) is 39.2 Å². The lowest BCUT2D eigenvalue weighted by atomic mass is 10.1. The first-order valence-corrected chi connectivity index (χ1v) is 11.3. The van der Waals surface area contributed by atoms with Crippen LogP contribution in [0.25, 0.3) is 17.0 Å². The number of halogens is 1. The highest BCUT2D eigenvalue weighted by atomic mass is 35.5. The molecule has 0 unspecified atom stereocenters. The van der Waals surface area contributed by atoms with E-state index in [-0.39, 0.29) is 11.0 Å². The predicted octanol–water partition coefficient (Wildman–Crippen LogP) is 5.33. The van der Waals surface area contributed by atoms with E-state index >= 15 is 0 Å². The van der Waals surface area contributed by atoms with Crippen molar-refractivity contribution in [2.75, 3.05) is 6.54 Å². The molecule has 2 aromatic carbocycles. The number of benzene rings is 2. The third kappa shape index (κ3) is 4.74. The molecule has 0 aliphatic carbocycles. The normalized spacial score (nSPS) is 15.4. The molecule has 6 nitrogen and oxygen atoms in total. The summed E-state index contributed by atoms with van der Waals surface area (Å²) < 4.78 is 7.15. The molecule has 2 heterocycles. The Morgan fingerprint density at radius 1 is 1.12 bits per heavy atom. The van der Waals surface area contributed by atoms with Gasteiger partial charge in [-0.05, 0) is 55.4 Å². The number of imide groups is 1. The minimum absolute atomic E-state index is 0.279. The summed E-state index contributed by atoms with van der Waals surface area (Å²) in [7, 11) is 0. The van der Waals surface area contributed by atoms with Crippen LogP contribution in [0.15, 0.2) is 59.6 Å². The third-order valence-electron chi connectivity index (χ3n) is 4.90. The van der Waals surface area contributed by atoms with Crippen molar-refractivity contribution in [1.82, 2.24) is 9.47 Å². The van der Waals surface area contributed by atoms with Crippen LogP contribution in [0.4, 0.5) is 4.79 Å². The van der Waals surface area contributed by atoms with Gasteiger partial charge in [-0.15, -0.1) is 0 Å². The lowest BCUT2D eigenvalue weighted by Gasteiger charge is -2.13. The average molecular weight is 469 g/mol. The van der Waals surface area contributed by atoms with E-state index in [1.165, 1.54) is 0 Å². The summed E-state index contributed by atoms with van der Waals surface area (Å²) in [4.78, 5) is 38.3. The number of carbonyl (C=O) groups excluding carboxylic acids is 3. The highest BCUT2D eigenvalue weighted by Gasteiger charge is 2.37. The van der Waals surface area contributed by atoms with Crippen molar-refractivity contribution in [2.24, 2.45) is 0 Å². The van der Waals surface area contributed by atoms with E-state index in [0.717, 1.165) is 38.7 Å². The number of fused-ring (bicyclic) bond motifs is 1. The molecule has 0 N–H and O–H groups in total. The van der Waals surface area contributed by atoms with Crippen molar-refractivity contribution >= 4 is 57.5 Å². The van der Waals surface area contributed by atoms with E-state index in [9.17, 15) is 14.4 Å². The van der Waals surface area contributed by atoms with Gasteiger partial charge in [0.25, 0.3) is 11.1 Å². The van der Waals surface area contributed by atoms with Crippen LogP contribution in [0.5, 0.6) is 0 Å². The molecule has 0 radical (unpaired) electrons. The van der Waals surface area contributed by atoms with Crippen LogP contribution >= 0.6 is 23.4 Å². The van der Waals surface area contributed by atoms with Crippen molar-refractivity contribution in [3.05, 3.63) is 75.8 Å². The number of hydrogen-bond acceptors (Lipinski definition) is 5. The van der Waals surface area contributed by atoms with Gasteiger partial charge < -0.3 is 9.30 Å². The molecular weight excluding hydrogens is 448 g/mol. The Morgan fingerprint density at radius 3 is 2.56 bits per heavy atom. The lowest BCUT2D eigenvalue weighted by Crippen LogP contribution is -2.35. The quantitative estimate of drug-likeness (QED) is 0.361. The molecule has 1 saturated heterocycles. The van der Waals surface area contributed by atoms with Crippen LogP contribution in [0.2, 0.25) is 5.02 Å². The fraction of sp³-hybridized carbons (Fsp3) is 0.208. The Kier molecular flexibility index (Phi) is 6.39. The second-order valence-corrected chi connectivity index (χ2v) is 9.09. The molecule has 1 aliphatic rings. The molecule has 164 valence electrons. The third-order valence-corrected chi connectivity index (χ3v) is 6.06. The molecule has 2 amide bonds. The van der Waals surface area contributed by atoms with E-state index < -0.39 is 23.7 Å². The number of aromatic nitrogens is 1. The number of ether oxygens (including phenoxy) is 1. The maximum Gasteiger partial charge on any atom is 0.326 e. The van der Waals surface area contributed by atoms with Gasteiger partial charge in [-0.2, -0.15) is 0 Å². The number of hydrogen-bond donors (Lipinski definition) is 0. The molecule has 0 saturated carbocycles. The summed E-state index contributed by atoms with van der Waals surface area (Å²) in [6.07, 6.45) is 3.35. The van der Waals surface area contributed by atoms with Gasteiger partial charge in [-0.1, -0.05) is 41.9 Å². The van der Waals surface area contributed by atoms with E-state index in [1.54, 1.807) is 19.9 Å². The van der Waals surface area contributed by atoms with Crippen molar-refractivity contribution in [2.45, 2.75) is 26.5 Å². The van der Waals surface area contributed by atoms with Gasteiger partial charge in [0.15, 0.2) is 0 Å². The smallest absolute Gasteiger partial charge is 0.326 e. The van der Waals surface area contributed by atoms with E-state index in [0.29, 0.717) is 11.6 Å². The van der Waals surface area contributed by atoms with Crippen LogP contribution < -0.4 is 0 Å². The molecule has 0 spiro atoms. The van der Waals surface area contributed by atoms with E-state index in [1.807, 2.05) is 54.7 Å². The van der Waals surface area contributed by atoms with Crippen molar-refractivity contribution in [3.63, 3.8) is 0 Å². The van der Waals surface area contributed by atoms with Crippen LogP contribution in [-0.2, 0) is 20.9 Å². The molecule has 32 heavy (non-hydrogen) atoms. The average Bonchev–Trinajstić information content (AvgIpc) is 3.21. The summed E-state index contributed by atoms with van der Waals surface area (Å²) in [6, 6.07) is 15.5. The molecule has 1 fully saturated rings. The molecule has 3 aromatic rings.